The molecule has 0 aromatic rings. The van der Waals surface area contributed by atoms with Crippen molar-refractivity contribution in [1.29, 1.82) is 0 Å². The van der Waals surface area contributed by atoms with E-state index in [0.717, 1.165) is 0 Å². The fourth-order valence-corrected chi connectivity index (χ4v) is 4.54. The Morgan fingerprint density at radius 3 is 2.25 bits per heavy atom. The molecule has 0 N–H and O–H groups in total. The van der Waals surface area contributed by atoms with Crippen LogP contribution in [0.1, 0.15) is 12.8 Å². The lowest BCUT2D eigenvalue weighted by Crippen LogP contribution is -2.50. The molecule has 8 heteroatoms. The zero-order chi connectivity index (χ0) is 14.8. The van der Waals surface area contributed by atoms with Gasteiger partial charge in [0.1, 0.15) is 0 Å². The van der Waals surface area contributed by atoms with Crippen molar-refractivity contribution in [2.24, 2.45) is 5.92 Å². The highest BCUT2D eigenvalue weighted by Gasteiger charge is 2.32. The SMILES string of the molecule is COC(=O)N1CCN(C(=O)CC2CCS(=O)(=O)C2)CC1. The second-order valence-corrected chi connectivity index (χ2v) is 7.54. The zero-order valence-electron chi connectivity index (χ0n) is 11.6. The average Bonchev–Trinajstić information content (AvgIpc) is 2.77. The van der Waals surface area contributed by atoms with E-state index < -0.39 is 9.84 Å². The summed E-state index contributed by atoms with van der Waals surface area (Å²) >= 11 is 0. The molecule has 2 fully saturated rings. The van der Waals surface area contributed by atoms with Gasteiger partial charge in [0.05, 0.1) is 18.6 Å². The molecule has 2 rings (SSSR count). The Kier molecular flexibility index (Phi) is 4.52. The summed E-state index contributed by atoms with van der Waals surface area (Å²) in [6.07, 6.45) is 0.493. The molecule has 7 nitrogen and oxygen atoms in total. The van der Waals surface area contributed by atoms with Gasteiger partial charge in [0.25, 0.3) is 0 Å². The van der Waals surface area contributed by atoms with Gasteiger partial charge in [0.15, 0.2) is 9.84 Å². The van der Waals surface area contributed by atoms with Crippen molar-refractivity contribution in [1.82, 2.24) is 9.80 Å². The molecule has 2 aliphatic heterocycles. The predicted octanol–water partition coefficient (Wildman–Crippen LogP) is -0.278. The second kappa shape index (κ2) is 5.99. The van der Waals surface area contributed by atoms with Crippen LogP contribution in [-0.4, -0.2) is 75.0 Å². The van der Waals surface area contributed by atoms with Crippen molar-refractivity contribution < 1.29 is 22.7 Å². The van der Waals surface area contributed by atoms with Crippen molar-refractivity contribution in [3.8, 4) is 0 Å². The molecule has 2 aliphatic rings. The zero-order valence-corrected chi connectivity index (χ0v) is 12.4. The van der Waals surface area contributed by atoms with Crippen LogP contribution in [0.3, 0.4) is 0 Å². The van der Waals surface area contributed by atoms with Crippen LogP contribution in [0.2, 0.25) is 0 Å². The van der Waals surface area contributed by atoms with Crippen LogP contribution >= 0.6 is 0 Å². The fraction of sp³-hybridized carbons (Fsp3) is 0.833. The molecule has 0 saturated carbocycles. The van der Waals surface area contributed by atoms with E-state index in [9.17, 15) is 18.0 Å². The topological polar surface area (TPSA) is 84.0 Å². The molecular formula is C12H20N2O5S. The summed E-state index contributed by atoms with van der Waals surface area (Å²) in [5, 5.41) is 0. The normalized spacial score (nSPS) is 25.6. The van der Waals surface area contributed by atoms with Crippen LogP contribution in [0, 0.1) is 5.92 Å². The van der Waals surface area contributed by atoms with Crippen LogP contribution in [0.15, 0.2) is 0 Å². The maximum atomic E-state index is 12.1. The number of piperazine rings is 1. The molecule has 0 aromatic heterocycles. The molecular weight excluding hydrogens is 284 g/mol. The molecule has 0 spiro atoms. The Morgan fingerprint density at radius 2 is 1.75 bits per heavy atom. The molecule has 0 bridgehead atoms. The lowest BCUT2D eigenvalue weighted by molar-refractivity contribution is -0.133. The number of methoxy groups -OCH3 is 1. The number of ether oxygens (including phenoxy) is 1. The lowest BCUT2D eigenvalue weighted by Gasteiger charge is -2.34. The predicted molar refractivity (Wildman–Crippen MR) is 71.9 cm³/mol. The first-order chi connectivity index (χ1) is 9.41. The average molecular weight is 304 g/mol. The van der Waals surface area contributed by atoms with Gasteiger partial charge in [0.2, 0.25) is 5.91 Å². The number of hydrogen-bond acceptors (Lipinski definition) is 5. The molecule has 1 unspecified atom stereocenters. The van der Waals surface area contributed by atoms with Gasteiger partial charge in [-0.05, 0) is 12.3 Å². The highest BCUT2D eigenvalue weighted by Crippen LogP contribution is 2.22. The van der Waals surface area contributed by atoms with Gasteiger partial charge < -0.3 is 14.5 Å². The van der Waals surface area contributed by atoms with Gasteiger partial charge in [-0.3, -0.25) is 4.79 Å². The highest BCUT2D eigenvalue weighted by molar-refractivity contribution is 7.91. The first-order valence-corrected chi connectivity index (χ1v) is 8.54. The monoisotopic (exact) mass is 304 g/mol. The number of rotatable bonds is 2. The van der Waals surface area contributed by atoms with E-state index in [2.05, 4.69) is 4.74 Å². The molecule has 20 heavy (non-hydrogen) atoms. The van der Waals surface area contributed by atoms with Gasteiger partial charge in [-0.25, -0.2) is 13.2 Å². The summed E-state index contributed by atoms with van der Waals surface area (Å²) in [6.45, 7) is 1.88. The summed E-state index contributed by atoms with van der Waals surface area (Å²) in [6, 6.07) is 0. The van der Waals surface area contributed by atoms with E-state index >= 15 is 0 Å². The smallest absolute Gasteiger partial charge is 0.409 e. The molecule has 0 aliphatic carbocycles. The molecule has 0 radical (unpaired) electrons. The third kappa shape index (κ3) is 3.62. The molecule has 2 saturated heterocycles. The van der Waals surface area contributed by atoms with E-state index in [1.807, 2.05) is 0 Å². The maximum Gasteiger partial charge on any atom is 0.409 e. The number of carbonyl (C=O) groups is 2. The highest BCUT2D eigenvalue weighted by atomic mass is 32.2. The van der Waals surface area contributed by atoms with E-state index in [-0.39, 0.29) is 35.8 Å². The molecule has 2 heterocycles. The number of nitrogens with zero attached hydrogens (tertiary/aromatic N) is 2. The number of hydrogen-bond donors (Lipinski definition) is 0. The molecule has 1 atom stereocenters. The Balaban J connectivity index is 1.79. The summed E-state index contributed by atoms with van der Waals surface area (Å²) in [7, 11) is -1.60. The van der Waals surface area contributed by atoms with E-state index in [4.69, 9.17) is 0 Å². The van der Waals surface area contributed by atoms with E-state index in [0.29, 0.717) is 32.6 Å². The largest absolute Gasteiger partial charge is 0.453 e. The molecule has 114 valence electrons. The quantitative estimate of drug-likeness (QED) is 0.701. The number of carbonyl (C=O) groups excluding carboxylic acids is 2. The Hall–Kier alpha value is -1.31. The van der Waals surface area contributed by atoms with Crippen molar-refractivity contribution in [2.75, 3.05) is 44.8 Å². The summed E-state index contributed by atoms with van der Waals surface area (Å²) in [4.78, 5) is 26.7. The van der Waals surface area contributed by atoms with Gasteiger partial charge >= 0.3 is 6.09 Å². The van der Waals surface area contributed by atoms with Gasteiger partial charge in [-0.2, -0.15) is 0 Å². The summed E-state index contributed by atoms with van der Waals surface area (Å²) < 4.78 is 27.4. The molecule has 0 aromatic carbocycles. The summed E-state index contributed by atoms with van der Waals surface area (Å²) in [5.74, 6) is 0.254. The van der Waals surface area contributed by atoms with Crippen LogP contribution in [0.4, 0.5) is 4.79 Å². The molecule has 2 amide bonds. The van der Waals surface area contributed by atoms with Crippen molar-refractivity contribution >= 4 is 21.8 Å². The minimum Gasteiger partial charge on any atom is -0.453 e. The first kappa shape index (κ1) is 15.1. The van der Waals surface area contributed by atoms with Crippen LogP contribution < -0.4 is 0 Å². The fourth-order valence-electron chi connectivity index (χ4n) is 2.68. The summed E-state index contributed by atoms with van der Waals surface area (Å²) in [5.41, 5.74) is 0. The standard InChI is InChI=1S/C12H20N2O5S/c1-19-12(16)14-5-3-13(4-6-14)11(15)8-10-2-7-20(17,18)9-10/h10H,2-9H2,1H3. The lowest BCUT2D eigenvalue weighted by atomic mass is 10.0. The first-order valence-electron chi connectivity index (χ1n) is 6.72. The Bertz CT molecular complexity index is 482. The maximum absolute atomic E-state index is 12.1. The number of amides is 2. The minimum absolute atomic E-state index is 0.0170. The number of sulfone groups is 1. The second-order valence-electron chi connectivity index (χ2n) is 5.31. The minimum atomic E-state index is -2.94. The van der Waals surface area contributed by atoms with Crippen LogP contribution in [0.25, 0.3) is 0 Å². The van der Waals surface area contributed by atoms with Crippen molar-refractivity contribution in [2.45, 2.75) is 12.8 Å². The Morgan fingerprint density at radius 1 is 1.15 bits per heavy atom. The van der Waals surface area contributed by atoms with Gasteiger partial charge in [0, 0.05) is 32.6 Å². The van der Waals surface area contributed by atoms with E-state index in [1.165, 1.54) is 7.11 Å². The van der Waals surface area contributed by atoms with Crippen LogP contribution in [0.5, 0.6) is 0 Å². The van der Waals surface area contributed by atoms with Gasteiger partial charge in [-0.1, -0.05) is 0 Å². The Labute approximate surface area is 118 Å². The van der Waals surface area contributed by atoms with Gasteiger partial charge in [-0.15, -0.1) is 0 Å². The van der Waals surface area contributed by atoms with Crippen LogP contribution in [-0.2, 0) is 19.4 Å². The van der Waals surface area contributed by atoms with Crippen molar-refractivity contribution in [3.63, 3.8) is 0 Å². The third-order valence-corrected chi connectivity index (χ3v) is 5.69. The third-order valence-electron chi connectivity index (χ3n) is 3.86. The van der Waals surface area contributed by atoms with E-state index in [1.54, 1.807) is 9.80 Å². The van der Waals surface area contributed by atoms with Crippen molar-refractivity contribution in [3.05, 3.63) is 0 Å².